The van der Waals surface area contributed by atoms with E-state index in [9.17, 15) is 9.59 Å². The summed E-state index contributed by atoms with van der Waals surface area (Å²) >= 11 is 0. The summed E-state index contributed by atoms with van der Waals surface area (Å²) in [6.45, 7) is 8.36. The molecule has 1 aliphatic rings. The zero-order valence-electron chi connectivity index (χ0n) is 20.2. The van der Waals surface area contributed by atoms with Crippen LogP contribution >= 0.6 is 0 Å². The van der Waals surface area contributed by atoms with Crippen LogP contribution in [-0.2, 0) is 17.6 Å². The molecule has 3 aromatic rings. The van der Waals surface area contributed by atoms with Crippen molar-refractivity contribution in [2.75, 3.05) is 20.8 Å². The van der Waals surface area contributed by atoms with Gasteiger partial charge in [0.2, 0.25) is 5.91 Å². The fraction of sp³-hybridized carbons (Fsp3) is 0.407. The van der Waals surface area contributed by atoms with Crippen LogP contribution in [0.3, 0.4) is 0 Å². The number of pyridine rings is 1. The summed E-state index contributed by atoms with van der Waals surface area (Å²) in [7, 11) is 3.20. The maximum atomic E-state index is 13.5. The van der Waals surface area contributed by atoms with Gasteiger partial charge in [-0.15, -0.1) is 0 Å². The maximum absolute atomic E-state index is 13.5. The van der Waals surface area contributed by atoms with Crippen molar-refractivity contribution in [3.8, 4) is 11.5 Å². The van der Waals surface area contributed by atoms with E-state index in [0.29, 0.717) is 30.0 Å². The fourth-order valence-corrected chi connectivity index (χ4v) is 4.63. The van der Waals surface area contributed by atoms with E-state index in [0.717, 1.165) is 28.5 Å². The van der Waals surface area contributed by atoms with Crippen LogP contribution in [0, 0.1) is 5.41 Å². The van der Waals surface area contributed by atoms with Crippen molar-refractivity contribution in [2.24, 2.45) is 5.41 Å². The van der Waals surface area contributed by atoms with Gasteiger partial charge in [0, 0.05) is 23.0 Å². The van der Waals surface area contributed by atoms with Gasteiger partial charge in [0.1, 0.15) is 0 Å². The Kier molecular flexibility index (Phi) is 5.95. The third kappa shape index (κ3) is 4.10. The lowest BCUT2D eigenvalue weighted by Gasteiger charge is -2.40. The second kappa shape index (κ2) is 8.58. The van der Waals surface area contributed by atoms with Crippen molar-refractivity contribution in [1.29, 1.82) is 0 Å². The lowest BCUT2D eigenvalue weighted by Crippen LogP contribution is -2.47. The maximum Gasteiger partial charge on any atom is 0.254 e. The lowest BCUT2D eigenvalue weighted by atomic mass is 9.85. The molecule has 2 heterocycles. The van der Waals surface area contributed by atoms with E-state index < -0.39 is 11.5 Å². The predicted molar refractivity (Wildman–Crippen MR) is 130 cm³/mol. The molecule has 1 aliphatic heterocycles. The van der Waals surface area contributed by atoms with E-state index in [1.165, 1.54) is 5.56 Å². The zero-order chi connectivity index (χ0) is 23.9. The Labute approximate surface area is 194 Å². The zero-order valence-corrected chi connectivity index (χ0v) is 20.2. The number of carbonyl (C=O) groups is 1. The van der Waals surface area contributed by atoms with E-state index in [-0.39, 0.29) is 11.5 Å². The number of ether oxygens (including phenoxy) is 2. The Hall–Kier alpha value is -3.28. The standard InChI is InChI=1S/C27H32N2O4/c1-7-16-8-9-21-18(12-16)13-20(25(30)28-21)24-19-15-23(33-6)22(32-5)14-17(19)10-11-29(24)26(31)27(2,3)4/h8-9,12-15,24H,7,10-11H2,1-6H3,(H,28,30)/t24-/m0/s1. The first-order valence-corrected chi connectivity index (χ1v) is 11.4. The van der Waals surface area contributed by atoms with Crippen molar-refractivity contribution in [2.45, 2.75) is 46.6 Å². The molecule has 1 atom stereocenters. The molecule has 1 N–H and O–H groups in total. The van der Waals surface area contributed by atoms with E-state index in [4.69, 9.17) is 9.47 Å². The number of nitrogens with zero attached hydrogens (tertiary/aromatic N) is 1. The molecule has 0 unspecified atom stereocenters. The largest absolute Gasteiger partial charge is 0.493 e. The molecule has 2 aromatic carbocycles. The van der Waals surface area contributed by atoms with Crippen LogP contribution in [0.25, 0.3) is 10.9 Å². The molecule has 0 aliphatic carbocycles. The first-order valence-electron chi connectivity index (χ1n) is 11.4. The van der Waals surface area contributed by atoms with Crippen LogP contribution in [0.4, 0.5) is 0 Å². The quantitative estimate of drug-likeness (QED) is 0.632. The second-order valence-electron chi connectivity index (χ2n) is 9.64. The highest BCUT2D eigenvalue weighted by Crippen LogP contribution is 2.42. The van der Waals surface area contributed by atoms with Gasteiger partial charge >= 0.3 is 0 Å². The highest BCUT2D eigenvalue weighted by atomic mass is 16.5. The average Bonchev–Trinajstić information content (AvgIpc) is 2.80. The van der Waals surface area contributed by atoms with Gasteiger partial charge in [-0.2, -0.15) is 0 Å². The fourth-order valence-electron chi connectivity index (χ4n) is 4.63. The summed E-state index contributed by atoms with van der Waals surface area (Å²) < 4.78 is 11.1. The predicted octanol–water partition coefficient (Wildman–Crippen LogP) is 4.63. The molecule has 33 heavy (non-hydrogen) atoms. The van der Waals surface area contributed by atoms with Crippen molar-refractivity contribution < 1.29 is 14.3 Å². The van der Waals surface area contributed by atoms with Gasteiger partial charge in [-0.25, -0.2) is 0 Å². The number of amides is 1. The molecule has 1 amide bonds. The van der Waals surface area contributed by atoms with E-state index in [1.807, 2.05) is 56.0 Å². The molecular formula is C27H32N2O4. The van der Waals surface area contributed by atoms with Crippen LogP contribution in [0.15, 0.2) is 41.2 Å². The number of rotatable bonds is 4. The van der Waals surface area contributed by atoms with Crippen LogP contribution in [-0.4, -0.2) is 36.6 Å². The third-order valence-electron chi connectivity index (χ3n) is 6.42. The summed E-state index contributed by atoms with van der Waals surface area (Å²) in [4.78, 5) is 31.7. The van der Waals surface area contributed by atoms with Crippen LogP contribution < -0.4 is 15.0 Å². The highest BCUT2D eigenvalue weighted by molar-refractivity contribution is 5.84. The number of hydrogen-bond donors (Lipinski definition) is 1. The van der Waals surface area contributed by atoms with Gasteiger partial charge < -0.3 is 19.4 Å². The molecule has 0 bridgehead atoms. The minimum atomic E-state index is -0.578. The summed E-state index contributed by atoms with van der Waals surface area (Å²) in [5.74, 6) is 1.23. The minimum absolute atomic E-state index is 0.00902. The monoisotopic (exact) mass is 448 g/mol. The molecule has 174 valence electrons. The van der Waals surface area contributed by atoms with Crippen molar-refractivity contribution >= 4 is 16.8 Å². The van der Waals surface area contributed by atoms with E-state index >= 15 is 0 Å². The topological polar surface area (TPSA) is 71.6 Å². The minimum Gasteiger partial charge on any atom is -0.493 e. The van der Waals surface area contributed by atoms with Gasteiger partial charge in [0.15, 0.2) is 11.5 Å². The molecule has 6 nitrogen and oxygen atoms in total. The van der Waals surface area contributed by atoms with E-state index in [1.54, 1.807) is 14.2 Å². The number of aryl methyl sites for hydroxylation is 1. The smallest absolute Gasteiger partial charge is 0.254 e. The van der Waals surface area contributed by atoms with Crippen LogP contribution in [0.1, 0.15) is 56.0 Å². The molecule has 1 aromatic heterocycles. The number of aromatic nitrogens is 1. The van der Waals surface area contributed by atoms with Gasteiger partial charge in [-0.1, -0.05) is 33.8 Å². The number of benzene rings is 2. The molecule has 0 fully saturated rings. The molecule has 4 rings (SSSR count). The average molecular weight is 449 g/mol. The summed E-state index contributed by atoms with van der Waals surface area (Å²) in [6, 6.07) is 11.4. The highest BCUT2D eigenvalue weighted by Gasteiger charge is 2.38. The van der Waals surface area contributed by atoms with Crippen molar-refractivity contribution in [3.05, 3.63) is 69.0 Å². The van der Waals surface area contributed by atoms with Gasteiger partial charge in [0.05, 0.1) is 20.3 Å². The van der Waals surface area contributed by atoms with Gasteiger partial charge in [0.25, 0.3) is 5.56 Å². The normalized spacial score (nSPS) is 15.9. The molecule has 6 heteroatoms. The first kappa shape index (κ1) is 22.9. The Bertz CT molecular complexity index is 1270. The molecule has 0 saturated carbocycles. The van der Waals surface area contributed by atoms with Gasteiger partial charge in [-0.05, 0) is 65.3 Å². The molecule has 0 spiro atoms. The van der Waals surface area contributed by atoms with Gasteiger partial charge in [-0.3, -0.25) is 9.59 Å². The number of aromatic amines is 1. The SMILES string of the molecule is CCc1ccc2[nH]c(=O)c([C@@H]3c4cc(OC)c(OC)cc4CCN3C(=O)C(C)(C)C)cc2c1. The summed E-state index contributed by atoms with van der Waals surface area (Å²) in [5.41, 5.74) is 3.72. The number of H-pyrrole nitrogens is 1. The Morgan fingerprint density at radius 3 is 2.39 bits per heavy atom. The number of fused-ring (bicyclic) bond motifs is 2. The Morgan fingerprint density at radius 1 is 1.06 bits per heavy atom. The molecule has 0 saturated heterocycles. The molecular weight excluding hydrogens is 416 g/mol. The summed E-state index contributed by atoms with van der Waals surface area (Å²) in [5, 5.41) is 0.958. The van der Waals surface area contributed by atoms with Crippen LogP contribution in [0.2, 0.25) is 0 Å². The van der Waals surface area contributed by atoms with Crippen LogP contribution in [0.5, 0.6) is 11.5 Å². The number of methoxy groups -OCH3 is 2. The third-order valence-corrected chi connectivity index (χ3v) is 6.42. The first-order chi connectivity index (χ1) is 15.7. The molecule has 0 radical (unpaired) electrons. The van der Waals surface area contributed by atoms with E-state index in [2.05, 4.69) is 18.0 Å². The van der Waals surface area contributed by atoms with Crippen molar-refractivity contribution in [1.82, 2.24) is 9.88 Å². The number of hydrogen-bond acceptors (Lipinski definition) is 4. The lowest BCUT2D eigenvalue weighted by molar-refractivity contribution is -0.141. The number of carbonyl (C=O) groups excluding carboxylic acids is 1. The Morgan fingerprint density at radius 2 is 1.76 bits per heavy atom. The Balaban J connectivity index is 1.98. The van der Waals surface area contributed by atoms with Crippen molar-refractivity contribution in [3.63, 3.8) is 0 Å². The second-order valence-corrected chi connectivity index (χ2v) is 9.64. The summed E-state index contributed by atoms with van der Waals surface area (Å²) in [6.07, 6.45) is 1.59. The number of nitrogens with one attached hydrogen (secondary N) is 1.